The van der Waals surface area contributed by atoms with E-state index in [4.69, 9.17) is 4.52 Å². The molecular formula is C22H28ClN3OS. The molecule has 0 saturated carbocycles. The third-order valence-electron chi connectivity index (χ3n) is 5.13. The van der Waals surface area contributed by atoms with Crippen molar-refractivity contribution in [3.63, 3.8) is 0 Å². The van der Waals surface area contributed by atoms with Gasteiger partial charge in [0.25, 0.3) is 5.89 Å². The van der Waals surface area contributed by atoms with Crippen LogP contribution in [-0.4, -0.2) is 28.1 Å². The lowest BCUT2D eigenvalue weighted by atomic mass is 10.1. The number of nitrogens with zero attached hydrogens (tertiary/aromatic N) is 3. The van der Waals surface area contributed by atoms with E-state index in [9.17, 15) is 0 Å². The Balaban J connectivity index is 0.00000225. The minimum atomic E-state index is 0. The van der Waals surface area contributed by atoms with Gasteiger partial charge < -0.3 is 4.52 Å². The summed E-state index contributed by atoms with van der Waals surface area (Å²) in [5, 5.41) is 4.17. The Kier molecular flexibility index (Phi) is 8.07. The van der Waals surface area contributed by atoms with Crippen molar-refractivity contribution in [1.82, 2.24) is 15.0 Å². The van der Waals surface area contributed by atoms with Gasteiger partial charge in [0.05, 0.1) is 4.88 Å². The summed E-state index contributed by atoms with van der Waals surface area (Å²) in [4.78, 5) is 9.65. The minimum Gasteiger partial charge on any atom is -0.333 e. The molecule has 6 heteroatoms. The molecule has 3 heterocycles. The molecule has 150 valence electrons. The lowest BCUT2D eigenvalue weighted by molar-refractivity contribution is 0.279. The monoisotopic (exact) mass is 417 g/mol. The van der Waals surface area contributed by atoms with Crippen molar-refractivity contribution in [1.29, 1.82) is 0 Å². The molecule has 0 aliphatic carbocycles. The molecule has 2 aromatic heterocycles. The number of halogens is 1. The van der Waals surface area contributed by atoms with Crippen LogP contribution in [-0.2, 0) is 19.4 Å². The Labute approximate surface area is 177 Å². The molecule has 1 aliphatic heterocycles. The van der Waals surface area contributed by atoms with Crippen molar-refractivity contribution < 1.29 is 4.52 Å². The molecule has 1 aliphatic rings. The highest BCUT2D eigenvalue weighted by Crippen LogP contribution is 2.28. The van der Waals surface area contributed by atoms with E-state index in [2.05, 4.69) is 57.5 Å². The average Bonchev–Trinajstić information content (AvgIpc) is 3.27. The van der Waals surface area contributed by atoms with Crippen LogP contribution in [0.2, 0.25) is 0 Å². The van der Waals surface area contributed by atoms with Gasteiger partial charge in [0, 0.05) is 17.8 Å². The predicted octanol–water partition coefficient (Wildman–Crippen LogP) is 5.77. The molecule has 1 fully saturated rings. The van der Waals surface area contributed by atoms with Crippen LogP contribution in [0.15, 0.2) is 47.0 Å². The van der Waals surface area contributed by atoms with Crippen LogP contribution in [0.4, 0.5) is 0 Å². The summed E-state index contributed by atoms with van der Waals surface area (Å²) in [5.74, 6) is 1.47. The van der Waals surface area contributed by atoms with Crippen LogP contribution in [0.5, 0.6) is 0 Å². The zero-order valence-electron chi connectivity index (χ0n) is 16.2. The van der Waals surface area contributed by atoms with Crippen molar-refractivity contribution in [2.24, 2.45) is 0 Å². The van der Waals surface area contributed by atoms with E-state index in [1.165, 1.54) is 49.2 Å². The van der Waals surface area contributed by atoms with E-state index in [0.717, 1.165) is 36.5 Å². The number of rotatable bonds is 7. The summed E-state index contributed by atoms with van der Waals surface area (Å²) in [6, 6.07) is 14.9. The Morgan fingerprint density at radius 3 is 2.50 bits per heavy atom. The van der Waals surface area contributed by atoms with E-state index in [-0.39, 0.29) is 12.4 Å². The maximum absolute atomic E-state index is 5.51. The summed E-state index contributed by atoms with van der Waals surface area (Å²) in [5.41, 5.74) is 1.36. The molecule has 0 spiro atoms. The molecular weight excluding hydrogens is 390 g/mol. The average molecular weight is 418 g/mol. The molecule has 0 bridgehead atoms. The Hall–Kier alpha value is -1.69. The first-order valence-corrected chi connectivity index (χ1v) is 10.9. The molecule has 0 atom stereocenters. The minimum absolute atomic E-state index is 0. The van der Waals surface area contributed by atoms with Gasteiger partial charge in [-0.15, -0.1) is 23.7 Å². The van der Waals surface area contributed by atoms with Crippen LogP contribution >= 0.6 is 23.7 Å². The maximum Gasteiger partial charge on any atom is 0.267 e. The Bertz CT molecular complexity index is 825. The van der Waals surface area contributed by atoms with E-state index in [1.807, 2.05) is 0 Å². The zero-order valence-corrected chi connectivity index (χ0v) is 17.8. The highest BCUT2D eigenvalue weighted by molar-refractivity contribution is 7.15. The molecule has 0 N–H and O–H groups in total. The van der Waals surface area contributed by atoms with Gasteiger partial charge in [-0.1, -0.05) is 48.3 Å². The molecule has 4 rings (SSSR count). The molecule has 0 amide bonds. The highest BCUT2D eigenvalue weighted by Gasteiger charge is 2.14. The van der Waals surface area contributed by atoms with Crippen LogP contribution < -0.4 is 0 Å². The van der Waals surface area contributed by atoms with Gasteiger partial charge in [0.1, 0.15) is 0 Å². The van der Waals surface area contributed by atoms with Crippen molar-refractivity contribution in [2.75, 3.05) is 13.1 Å². The first kappa shape index (κ1) is 21.0. The second-order valence-electron chi connectivity index (χ2n) is 7.31. The van der Waals surface area contributed by atoms with Gasteiger partial charge in [0.2, 0.25) is 0 Å². The van der Waals surface area contributed by atoms with Gasteiger partial charge >= 0.3 is 0 Å². The van der Waals surface area contributed by atoms with E-state index >= 15 is 0 Å². The Morgan fingerprint density at radius 2 is 1.71 bits per heavy atom. The second kappa shape index (κ2) is 10.7. The van der Waals surface area contributed by atoms with Gasteiger partial charge in [-0.25, -0.2) is 0 Å². The van der Waals surface area contributed by atoms with E-state index < -0.39 is 0 Å². The largest absolute Gasteiger partial charge is 0.333 e. The number of aromatic nitrogens is 2. The van der Waals surface area contributed by atoms with Gasteiger partial charge in [-0.2, -0.15) is 4.98 Å². The fraction of sp³-hybridized carbons (Fsp3) is 0.455. The summed E-state index contributed by atoms with van der Waals surface area (Å²) in [6.07, 6.45) is 8.34. The van der Waals surface area contributed by atoms with Crippen molar-refractivity contribution in [2.45, 2.75) is 51.5 Å². The van der Waals surface area contributed by atoms with Crippen molar-refractivity contribution in [3.8, 4) is 10.8 Å². The number of thiophene rings is 1. The van der Waals surface area contributed by atoms with Crippen molar-refractivity contribution in [3.05, 3.63) is 58.7 Å². The molecule has 0 radical (unpaired) electrons. The number of aryl methyl sites for hydroxylation is 2. The van der Waals surface area contributed by atoms with E-state index in [0.29, 0.717) is 5.89 Å². The lowest BCUT2D eigenvalue weighted by Gasteiger charge is -2.18. The van der Waals surface area contributed by atoms with Crippen LogP contribution in [0.25, 0.3) is 10.8 Å². The predicted molar refractivity (Wildman–Crippen MR) is 117 cm³/mol. The topological polar surface area (TPSA) is 42.2 Å². The van der Waals surface area contributed by atoms with Crippen molar-refractivity contribution >= 4 is 23.7 Å². The second-order valence-corrected chi connectivity index (χ2v) is 8.48. The molecule has 0 unspecified atom stereocenters. The normalized spacial score (nSPS) is 15.1. The molecule has 1 saturated heterocycles. The molecule has 3 aromatic rings. The third-order valence-corrected chi connectivity index (χ3v) is 6.19. The molecule has 28 heavy (non-hydrogen) atoms. The molecule has 1 aromatic carbocycles. The SMILES string of the molecule is Cl.c1ccc(CCCc2noc(-c3ccc(CN4CCCCCC4)s3)n2)cc1. The summed E-state index contributed by atoms with van der Waals surface area (Å²) in [7, 11) is 0. The fourth-order valence-electron chi connectivity index (χ4n) is 3.64. The third kappa shape index (κ3) is 5.90. The first-order valence-electron chi connectivity index (χ1n) is 10.0. The van der Waals surface area contributed by atoms with E-state index in [1.54, 1.807) is 11.3 Å². The number of hydrogen-bond acceptors (Lipinski definition) is 5. The maximum atomic E-state index is 5.51. The highest BCUT2D eigenvalue weighted by atomic mass is 35.5. The number of likely N-dealkylation sites (tertiary alicyclic amines) is 1. The lowest BCUT2D eigenvalue weighted by Crippen LogP contribution is -2.23. The zero-order chi connectivity index (χ0) is 18.3. The summed E-state index contributed by atoms with van der Waals surface area (Å²) in [6.45, 7) is 3.49. The van der Waals surface area contributed by atoms with Gasteiger partial charge in [0.15, 0.2) is 5.82 Å². The summed E-state index contributed by atoms with van der Waals surface area (Å²) >= 11 is 1.78. The van der Waals surface area contributed by atoms with Crippen LogP contribution in [0.1, 0.15) is 48.4 Å². The number of hydrogen-bond donors (Lipinski definition) is 0. The molecule has 4 nitrogen and oxygen atoms in total. The fourth-order valence-corrected chi connectivity index (χ4v) is 4.62. The number of benzene rings is 1. The van der Waals surface area contributed by atoms with Crippen LogP contribution in [0.3, 0.4) is 0 Å². The van der Waals surface area contributed by atoms with Crippen LogP contribution in [0, 0.1) is 0 Å². The quantitative estimate of drug-likeness (QED) is 0.489. The smallest absolute Gasteiger partial charge is 0.267 e. The standard InChI is InChI=1S/C22H27N3OS.ClH/c1-2-7-16-25(15-6-1)17-19-13-14-20(27-19)22-23-21(24-26-22)12-8-11-18-9-4-3-5-10-18;/h3-5,9-10,13-14H,1-2,6-8,11-12,15-17H2;1H. The first-order chi connectivity index (χ1) is 13.4. The Morgan fingerprint density at radius 1 is 0.929 bits per heavy atom. The van der Waals surface area contributed by atoms with Gasteiger partial charge in [-0.05, 0) is 56.5 Å². The van der Waals surface area contributed by atoms with Gasteiger partial charge in [-0.3, -0.25) is 4.90 Å². The summed E-state index contributed by atoms with van der Waals surface area (Å²) < 4.78 is 5.51.